The van der Waals surface area contributed by atoms with Crippen LogP contribution in [0.1, 0.15) is 0 Å². The highest BCUT2D eigenvalue weighted by atomic mass is 35.5. The van der Waals surface area contributed by atoms with Crippen molar-refractivity contribution < 1.29 is 8.42 Å². The van der Waals surface area contributed by atoms with Crippen LogP contribution >= 0.6 is 35.4 Å². The molecule has 0 unspecified atom stereocenters. The Morgan fingerprint density at radius 3 is 2.68 bits per heavy atom. The first-order valence-corrected chi connectivity index (χ1v) is 8.61. The molecule has 1 aromatic rings. The van der Waals surface area contributed by atoms with Gasteiger partial charge in [0.25, 0.3) is 0 Å². The number of fused-ring (bicyclic) bond motifs is 1. The Morgan fingerprint density at radius 2 is 2.00 bits per heavy atom. The van der Waals surface area contributed by atoms with E-state index in [0.29, 0.717) is 15.2 Å². The highest BCUT2D eigenvalue weighted by Crippen LogP contribution is 2.33. The van der Waals surface area contributed by atoms with Crippen molar-refractivity contribution >= 4 is 56.1 Å². The average molecular weight is 337 g/mol. The number of sulfone groups is 1. The fraction of sp³-hybridized carbons (Fsp3) is 0.364. The summed E-state index contributed by atoms with van der Waals surface area (Å²) in [7, 11) is -3.01. The first-order chi connectivity index (χ1) is 8.87. The molecule has 0 aromatic heterocycles. The van der Waals surface area contributed by atoms with Gasteiger partial charge in [-0.05, 0) is 30.4 Å². The number of nitrogens with one attached hydrogen (secondary N) is 1. The van der Waals surface area contributed by atoms with Gasteiger partial charge in [0, 0.05) is 5.69 Å². The Labute approximate surface area is 126 Å². The maximum Gasteiger partial charge on any atom is 0.174 e. The molecule has 2 fully saturated rings. The number of rotatable bonds is 1. The van der Waals surface area contributed by atoms with E-state index in [9.17, 15) is 8.42 Å². The van der Waals surface area contributed by atoms with Crippen LogP contribution in [0, 0.1) is 0 Å². The van der Waals surface area contributed by atoms with Crippen LogP contribution < -0.4 is 10.2 Å². The number of benzene rings is 1. The molecule has 1 aromatic carbocycles. The van der Waals surface area contributed by atoms with Crippen molar-refractivity contribution in [1.29, 1.82) is 0 Å². The Kier molecular flexibility index (Phi) is 3.16. The summed E-state index contributed by atoms with van der Waals surface area (Å²) < 4.78 is 23.4. The number of anilines is 1. The van der Waals surface area contributed by atoms with Crippen molar-refractivity contribution in [3.05, 3.63) is 28.2 Å². The number of hydrogen-bond donors (Lipinski definition) is 1. The Hall–Kier alpha value is -0.560. The smallest absolute Gasteiger partial charge is 0.174 e. The zero-order valence-corrected chi connectivity index (χ0v) is 12.8. The van der Waals surface area contributed by atoms with Crippen LogP contribution in [-0.4, -0.2) is 37.1 Å². The second-order valence-electron chi connectivity index (χ2n) is 4.67. The molecule has 2 saturated heterocycles. The molecule has 0 bridgehead atoms. The van der Waals surface area contributed by atoms with E-state index in [-0.39, 0.29) is 23.6 Å². The van der Waals surface area contributed by atoms with Gasteiger partial charge in [-0.2, -0.15) is 0 Å². The predicted molar refractivity (Wildman–Crippen MR) is 80.9 cm³/mol. The molecule has 0 radical (unpaired) electrons. The predicted octanol–water partition coefficient (Wildman–Crippen LogP) is 1.85. The van der Waals surface area contributed by atoms with Crippen molar-refractivity contribution in [1.82, 2.24) is 5.32 Å². The summed E-state index contributed by atoms with van der Waals surface area (Å²) in [6, 6.07) is 4.85. The Bertz CT molecular complexity index is 663. The van der Waals surface area contributed by atoms with E-state index < -0.39 is 9.84 Å². The molecule has 3 rings (SSSR count). The third-order valence-corrected chi connectivity index (χ3v) is 6.13. The van der Waals surface area contributed by atoms with Crippen LogP contribution in [-0.2, 0) is 9.84 Å². The van der Waals surface area contributed by atoms with Crippen LogP contribution in [0.3, 0.4) is 0 Å². The lowest BCUT2D eigenvalue weighted by atomic mass is 10.1. The second kappa shape index (κ2) is 4.48. The molecule has 8 heteroatoms. The monoisotopic (exact) mass is 336 g/mol. The molecule has 1 N–H and O–H groups in total. The minimum atomic E-state index is -3.01. The lowest BCUT2D eigenvalue weighted by Gasteiger charge is -2.23. The zero-order valence-electron chi connectivity index (χ0n) is 9.64. The number of nitrogens with zero attached hydrogens (tertiary/aromatic N) is 1. The van der Waals surface area contributed by atoms with E-state index in [4.69, 9.17) is 35.4 Å². The fourth-order valence-corrected chi connectivity index (χ4v) is 5.12. The lowest BCUT2D eigenvalue weighted by molar-refractivity contribution is 0.600. The minimum Gasteiger partial charge on any atom is -0.356 e. The second-order valence-corrected chi connectivity index (χ2v) is 8.02. The third-order valence-electron chi connectivity index (χ3n) is 3.36. The molecule has 102 valence electrons. The highest BCUT2D eigenvalue weighted by Gasteiger charge is 2.47. The van der Waals surface area contributed by atoms with Crippen molar-refractivity contribution in [3.8, 4) is 0 Å². The Balaban J connectivity index is 1.99. The first-order valence-electron chi connectivity index (χ1n) is 5.62. The molecule has 0 amide bonds. The summed E-state index contributed by atoms with van der Waals surface area (Å²) in [5.41, 5.74) is 0.761. The van der Waals surface area contributed by atoms with Gasteiger partial charge >= 0.3 is 0 Å². The highest BCUT2D eigenvalue weighted by molar-refractivity contribution is 7.91. The maximum absolute atomic E-state index is 11.7. The summed E-state index contributed by atoms with van der Waals surface area (Å²) in [5.74, 6) is 0.223. The van der Waals surface area contributed by atoms with E-state index in [1.165, 1.54) is 0 Å². The van der Waals surface area contributed by atoms with Gasteiger partial charge in [0.2, 0.25) is 0 Å². The summed E-state index contributed by atoms with van der Waals surface area (Å²) >= 11 is 17.2. The quantitative estimate of drug-likeness (QED) is 0.793. The van der Waals surface area contributed by atoms with Crippen LogP contribution in [0.15, 0.2) is 18.2 Å². The number of halogens is 2. The molecule has 0 aliphatic carbocycles. The van der Waals surface area contributed by atoms with Crippen molar-refractivity contribution in [2.75, 3.05) is 16.4 Å². The molecule has 2 aliphatic rings. The number of thiocarbonyl (C=S) groups is 1. The first kappa shape index (κ1) is 13.4. The molecule has 19 heavy (non-hydrogen) atoms. The average Bonchev–Trinajstić information content (AvgIpc) is 2.73. The van der Waals surface area contributed by atoms with Gasteiger partial charge in [-0.1, -0.05) is 23.2 Å². The topological polar surface area (TPSA) is 49.4 Å². The molecule has 4 nitrogen and oxygen atoms in total. The molecule has 2 heterocycles. The molecular weight excluding hydrogens is 327 g/mol. The molecule has 0 saturated carbocycles. The fourth-order valence-electron chi connectivity index (χ4n) is 2.54. The SMILES string of the molecule is O=S1(=O)C[C@@H]2NC(=S)N(c3ccc(Cl)c(Cl)c3)[C@@H]2C1. The summed E-state index contributed by atoms with van der Waals surface area (Å²) in [5, 5.41) is 4.47. The molecule has 0 spiro atoms. The molecule has 2 aliphatic heterocycles. The number of hydrogen-bond acceptors (Lipinski definition) is 3. The van der Waals surface area contributed by atoms with Crippen molar-refractivity contribution in [2.24, 2.45) is 0 Å². The minimum absolute atomic E-state index is 0.102. The van der Waals surface area contributed by atoms with Gasteiger partial charge in [-0.25, -0.2) is 8.42 Å². The van der Waals surface area contributed by atoms with E-state index in [1.54, 1.807) is 18.2 Å². The van der Waals surface area contributed by atoms with E-state index >= 15 is 0 Å². The molecule has 2 atom stereocenters. The zero-order chi connectivity index (χ0) is 13.8. The van der Waals surface area contributed by atoms with E-state index in [2.05, 4.69) is 5.32 Å². The van der Waals surface area contributed by atoms with Gasteiger partial charge in [-0.15, -0.1) is 0 Å². The van der Waals surface area contributed by atoms with Crippen LogP contribution in [0.5, 0.6) is 0 Å². The van der Waals surface area contributed by atoms with E-state index in [0.717, 1.165) is 5.69 Å². The van der Waals surface area contributed by atoms with Crippen molar-refractivity contribution in [3.63, 3.8) is 0 Å². The van der Waals surface area contributed by atoms with Gasteiger partial charge in [0.15, 0.2) is 14.9 Å². The van der Waals surface area contributed by atoms with Gasteiger partial charge < -0.3 is 10.2 Å². The van der Waals surface area contributed by atoms with Gasteiger partial charge in [0.05, 0.1) is 33.6 Å². The summed E-state index contributed by atoms with van der Waals surface area (Å²) in [6.45, 7) is 0. The van der Waals surface area contributed by atoms with Crippen LogP contribution in [0.2, 0.25) is 10.0 Å². The summed E-state index contributed by atoms with van der Waals surface area (Å²) in [4.78, 5) is 1.81. The van der Waals surface area contributed by atoms with Crippen molar-refractivity contribution in [2.45, 2.75) is 12.1 Å². The Morgan fingerprint density at radius 1 is 1.26 bits per heavy atom. The molecular formula is C11H10Cl2N2O2S2. The van der Waals surface area contributed by atoms with Gasteiger partial charge in [0.1, 0.15) is 0 Å². The maximum atomic E-state index is 11.7. The standard InChI is InChI=1S/C11H10Cl2N2O2S2/c12-7-2-1-6(3-8(7)13)15-10-5-19(16,17)4-9(10)14-11(15)18/h1-3,9-10H,4-5H2,(H,14,18)/t9-,10+/m0/s1. The summed E-state index contributed by atoms with van der Waals surface area (Å²) in [6.07, 6.45) is 0. The largest absolute Gasteiger partial charge is 0.356 e. The van der Waals surface area contributed by atoms with Gasteiger partial charge in [-0.3, -0.25) is 0 Å². The lowest BCUT2D eigenvalue weighted by Crippen LogP contribution is -2.36. The normalized spacial score (nSPS) is 28.3. The van der Waals surface area contributed by atoms with Crippen LogP contribution in [0.25, 0.3) is 0 Å². The van der Waals surface area contributed by atoms with Crippen LogP contribution in [0.4, 0.5) is 5.69 Å². The van der Waals surface area contributed by atoms with E-state index in [1.807, 2.05) is 4.90 Å². The third kappa shape index (κ3) is 2.31.